The van der Waals surface area contributed by atoms with Gasteiger partial charge in [-0.25, -0.2) is 0 Å². The summed E-state index contributed by atoms with van der Waals surface area (Å²) in [4.78, 5) is 11.1. The summed E-state index contributed by atoms with van der Waals surface area (Å²) in [5.41, 5.74) is 1.44. The molecule has 0 aromatic carbocycles. The maximum atomic E-state index is 5.37. The van der Waals surface area contributed by atoms with Crippen LogP contribution in [-0.2, 0) is 19.3 Å². The van der Waals surface area contributed by atoms with Crippen molar-refractivity contribution in [3.63, 3.8) is 0 Å². The average Bonchev–Trinajstić information content (AvgIpc) is 3.18. The van der Waals surface area contributed by atoms with E-state index in [0.29, 0.717) is 29.9 Å². The Kier molecular flexibility index (Phi) is 3.07. The van der Waals surface area contributed by atoms with E-state index in [-0.39, 0.29) is 0 Å². The summed E-state index contributed by atoms with van der Waals surface area (Å²) in [6.45, 7) is 1.76. The number of fused-ring (bicyclic) bond motifs is 1. The van der Waals surface area contributed by atoms with Crippen molar-refractivity contribution in [1.29, 1.82) is 0 Å². The van der Waals surface area contributed by atoms with Gasteiger partial charge in [-0.2, -0.15) is 9.97 Å². The summed E-state index contributed by atoms with van der Waals surface area (Å²) in [6.07, 6.45) is 5.30. The average molecular weight is 302 g/mol. The van der Waals surface area contributed by atoms with E-state index in [9.17, 15) is 0 Å². The van der Waals surface area contributed by atoms with Crippen molar-refractivity contribution in [2.75, 3.05) is 0 Å². The lowest BCUT2D eigenvalue weighted by molar-refractivity contribution is 0.387. The summed E-state index contributed by atoms with van der Waals surface area (Å²) in [7, 11) is 0. The van der Waals surface area contributed by atoms with Crippen molar-refractivity contribution in [1.82, 2.24) is 20.3 Å². The molecule has 0 aliphatic heterocycles. The second-order valence-corrected chi connectivity index (χ2v) is 6.33. The summed E-state index contributed by atoms with van der Waals surface area (Å²) < 4.78 is 10.3. The molecular formula is C14H14N4O2S. The Bertz CT molecular complexity index is 750. The lowest BCUT2D eigenvalue weighted by Gasteiger charge is -2.08. The lowest BCUT2D eigenvalue weighted by atomic mass is 9.99. The Balaban J connectivity index is 1.57. The van der Waals surface area contributed by atoms with Crippen LogP contribution in [0.1, 0.15) is 40.8 Å². The second-order valence-electron chi connectivity index (χ2n) is 5.19. The SMILES string of the molecule is Cc1nc(Cc2noc(-c3cc4c(s3)CCCC4)n2)no1. The second kappa shape index (κ2) is 5.07. The molecule has 0 amide bonds. The van der Waals surface area contributed by atoms with Crippen LogP contribution in [0.15, 0.2) is 15.1 Å². The normalized spacial score (nSPS) is 14.3. The van der Waals surface area contributed by atoms with Crippen LogP contribution in [0.5, 0.6) is 0 Å². The Labute approximate surface area is 125 Å². The van der Waals surface area contributed by atoms with Crippen LogP contribution in [0.3, 0.4) is 0 Å². The van der Waals surface area contributed by atoms with Crippen molar-refractivity contribution < 1.29 is 9.05 Å². The third-order valence-electron chi connectivity index (χ3n) is 3.56. The molecule has 1 aliphatic carbocycles. The quantitative estimate of drug-likeness (QED) is 0.740. The molecule has 4 rings (SSSR count). The van der Waals surface area contributed by atoms with Gasteiger partial charge in [0.1, 0.15) is 0 Å². The van der Waals surface area contributed by atoms with Gasteiger partial charge >= 0.3 is 0 Å². The summed E-state index contributed by atoms with van der Waals surface area (Å²) in [5, 5.41) is 7.84. The van der Waals surface area contributed by atoms with E-state index in [1.807, 2.05) is 0 Å². The van der Waals surface area contributed by atoms with Gasteiger partial charge in [-0.3, -0.25) is 0 Å². The van der Waals surface area contributed by atoms with Crippen molar-refractivity contribution in [2.45, 2.75) is 39.0 Å². The largest absolute Gasteiger partial charge is 0.340 e. The third-order valence-corrected chi connectivity index (χ3v) is 4.79. The van der Waals surface area contributed by atoms with Crippen LogP contribution in [0, 0.1) is 6.92 Å². The summed E-state index contributed by atoms with van der Waals surface area (Å²) >= 11 is 1.77. The first-order chi connectivity index (χ1) is 10.3. The van der Waals surface area contributed by atoms with Gasteiger partial charge in [-0.05, 0) is 37.3 Å². The Hall–Kier alpha value is -2.02. The molecule has 3 heterocycles. The van der Waals surface area contributed by atoms with Gasteiger partial charge < -0.3 is 9.05 Å². The molecule has 0 unspecified atom stereocenters. The minimum absolute atomic E-state index is 0.423. The van der Waals surface area contributed by atoms with Crippen LogP contribution >= 0.6 is 11.3 Å². The van der Waals surface area contributed by atoms with E-state index in [2.05, 4.69) is 26.3 Å². The van der Waals surface area contributed by atoms with Crippen LogP contribution < -0.4 is 0 Å². The fraction of sp³-hybridized carbons (Fsp3) is 0.429. The van der Waals surface area contributed by atoms with Gasteiger partial charge in [0.05, 0.1) is 11.3 Å². The molecule has 0 atom stereocenters. The standard InChI is InChI=1S/C14H14N4O2S/c1-8-15-12(17-19-8)7-13-16-14(20-18-13)11-6-9-4-2-3-5-10(9)21-11/h6H,2-5,7H2,1H3. The molecule has 0 N–H and O–H groups in total. The first-order valence-electron chi connectivity index (χ1n) is 7.01. The molecule has 1 aliphatic rings. The number of aromatic nitrogens is 4. The van der Waals surface area contributed by atoms with Gasteiger partial charge in [0.25, 0.3) is 5.89 Å². The third kappa shape index (κ3) is 2.49. The van der Waals surface area contributed by atoms with Crippen molar-refractivity contribution >= 4 is 11.3 Å². The van der Waals surface area contributed by atoms with Crippen molar-refractivity contribution in [3.05, 3.63) is 34.0 Å². The number of thiophene rings is 1. The fourth-order valence-corrected chi connectivity index (χ4v) is 3.75. The zero-order valence-corrected chi connectivity index (χ0v) is 12.4. The maximum Gasteiger partial charge on any atom is 0.268 e. The predicted molar refractivity (Wildman–Crippen MR) is 76.1 cm³/mol. The highest BCUT2D eigenvalue weighted by atomic mass is 32.1. The molecule has 0 fully saturated rings. The zero-order chi connectivity index (χ0) is 14.2. The minimum Gasteiger partial charge on any atom is -0.340 e. The molecule has 0 saturated carbocycles. The van der Waals surface area contributed by atoms with E-state index < -0.39 is 0 Å². The highest BCUT2D eigenvalue weighted by Gasteiger charge is 2.18. The van der Waals surface area contributed by atoms with Crippen LogP contribution in [0.25, 0.3) is 10.8 Å². The van der Waals surface area contributed by atoms with Crippen molar-refractivity contribution in [2.24, 2.45) is 0 Å². The van der Waals surface area contributed by atoms with E-state index in [1.54, 1.807) is 18.3 Å². The number of hydrogen-bond acceptors (Lipinski definition) is 7. The van der Waals surface area contributed by atoms with E-state index in [4.69, 9.17) is 9.05 Å². The highest BCUT2D eigenvalue weighted by molar-refractivity contribution is 7.15. The van der Waals surface area contributed by atoms with Gasteiger partial charge in [-0.15, -0.1) is 11.3 Å². The number of rotatable bonds is 3. The topological polar surface area (TPSA) is 77.8 Å². The van der Waals surface area contributed by atoms with Gasteiger partial charge in [0, 0.05) is 11.8 Å². The molecule has 0 saturated heterocycles. The molecule has 6 nitrogen and oxygen atoms in total. The molecule has 3 aromatic heterocycles. The maximum absolute atomic E-state index is 5.37. The van der Waals surface area contributed by atoms with Gasteiger partial charge in [-0.1, -0.05) is 10.3 Å². The number of aryl methyl sites for hydroxylation is 3. The lowest BCUT2D eigenvalue weighted by Crippen LogP contribution is -1.96. The van der Waals surface area contributed by atoms with E-state index in [1.165, 1.54) is 29.7 Å². The Morgan fingerprint density at radius 1 is 1.10 bits per heavy atom. The van der Waals surface area contributed by atoms with E-state index in [0.717, 1.165) is 11.3 Å². The number of hydrogen-bond donors (Lipinski definition) is 0. The monoisotopic (exact) mass is 302 g/mol. The Morgan fingerprint density at radius 2 is 1.90 bits per heavy atom. The summed E-state index contributed by atoms with van der Waals surface area (Å²) in [6, 6.07) is 2.19. The molecule has 0 spiro atoms. The van der Waals surface area contributed by atoms with Crippen LogP contribution in [0.4, 0.5) is 0 Å². The van der Waals surface area contributed by atoms with E-state index >= 15 is 0 Å². The molecular weight excluding hydrogens is 288 g/mol. The Morgan fingerprint density at radius 3 is 2.71 bits per heavy atom. The van der Waals surface area contributed by atoms with Crippen LogP contribution in [-0.4, -0.2) is 20.3 Å². The van der Waals surface area contributed by atoms with Crippen molar-refractivity contribution in [3.8, 4) is 10.8 Å². The smallest absolute Gasteiger partial charge is 0.268 e. The highest BCUT2D eigenvalue weighted by Crippen LogP contribution is 2.34. The first kappa shape index (κ1) is 12.7. The van der Waals surface area contributed by atoms with Gasteiger partial charge in [0.2, 0.25) is 5.89 Å². The predicted octanol–water partition coefficient (Wildman–Crippen LogP) is 2.96. The minimum atomic E-state index is 0.423. The molecule has 108 valence electrons. The summed E-state index contributed by atoms with van der Waals surface area (Å²) in [5.74, 6) is 2.28. The first-order valence-corrected chi connectivity index (χ1v) is 7.83. The fourth-order valence-electron chi connectivity index (χ4n) is 2.58. The molecule has 0 radical (unpaired) electrons. The van der Waals surface area contributed by atoms with Gasteiger partial charge in [0.15, 0.2) is 11.6 Å². The molecule has 7 heteroatoms. The molecule has 3 aromatic rings. The van der Waals surface area contributed by atoms with Crippen LogP contribution in [0.2, 0.25) is 0 Å². The number of nitrogens with zero attached hydrogens (tertiary/aromatic N) is 4. The molecule has 0 bridgehead atoms. The zero-order valence-electron chi connectivity index (χ0n) is 11.6. The molecule has 21 heavy (non-hydrogen) atoms.